The van der Waals surface area contributed by atoms with Gasteiger partial charge in [0.1, 0.15) is 17.9 Å². The molecule has 0 saturated carbocycles. The Balaban J connectivity index is 2.16. The van der Waals surface area contributed by atoms with Crippen molar-refractivity contribution in [3.8, 4) is 11.6 Å². The quantitative estimate of drug-likeness (QED) is 0.729. The normalized spacial score (nSPS) is 9.79. The van der Waals surface area contributed by atoms with E-state index in [9.17, 15) is 4.39 Å². The lowest BCUT2D eigenvalue weighted by Gasteiger charge is -2.02. The van der Waals surface area contributed by atoms with Crippen LogP contribution in [0.3, 0.4) is 0 Å². The van der Waals surface area contributed by atoms with Gasteiger partial charge in [0.2, 0.25) is 5.88 Å². The van der Waals surface area contributed by atoms with Crippen LogP contribution in [-0.2, 0) is 0 Å². The van der Waals surface area contributed by atoms with Crippen molar-refractivity contribution >= 4 is 0 Å². The van der Waals surface area contributed by atoms with Crippen LogP contribution in [0.4, 0.5) is 4.39 Å². The molecule has 1 aromatic carbocycles. The predicted molar refractivity (Wildman–Crippen MR) is 48.5 cm³/mol. The summed E-state index contributed by atoms with van der Waals surface area (Å²) in [6.45, 7) is 0. The van der Waals surface area contributed by atoms with Crippen LogP contribution in [0.2, 0.25) is 0 Å². The molecule has 0 N–H and O–H groups in total. The average Bonchev–Trinajstić information content (AvgIpc) is 2.23. The van der Waals surface area contributed by atoms with Gasteiger partial charge in [0.15, 0.2) is 0 Å². The molecule has 0 aliphatic heterocycles. The Hall–Kier alpha value is -1.97. The van der Waals surface area contributed by atoms with Gasteiger partial charge in [-0.25, -0.2) is 14.4 Å². The minimum atomic E-state index is -0.292. The fraction of sp³-hybridized carbons (Fsp3) is 0. The molecule has 1 aromatic heterocycles. The number of halogens is 1. The Morgan fingerprint density at radius 1 is 1.07 bits per heavy atom. The number of ether oxygens (including phenoxy) is 1. The van der Waals surface area contributed by atoms with Crippen LogP contribution >= 0.6 is 0 Å². The van der Waals surface area contributed by atoms with Crippen LogP contribution in [0.1, 0.15) is 0 Å². The molecule has 2 aromatic rings. The lowest BCUT2D eigenvalue weighted by atomic mass is 10.3. The Bertz CT molecular complexity index is 402. The Labute approximate surface area is 80.2 Å². The second-order valence-corrected chi connectivity index (χ2v) is 2.60. The molecular formula is C10H7FN2O. The highest BCUT2D eigenvalue weighted by molar-refractivity contribution is 5.26. The summed E-state index contributed by atoms with van der Waals surface area (Å²) in [4.78, 5) is 7.62. The molecule has 2 rings (SSSR count). The van der Waals surface area contributed by atoms with Crippen LogP contribution < -0.4 is 4.74 Å². The molecule has 0 saturated heterocycles. The molecule has 0 amide bonds. The number of hydrogen-bond donors (Lipinski definition) is 0. The van der Waals surface area contributed by atoms with E-state index in [-0.39, 0.29) is 5.82 Å². The summed E-state index contributed by atoms with van der Waals surface area (Å²) in [6, 6.07) is 7.37. The van der Waals surface area contributed by atoms with Crippen molar-refractivity contribution < 1.29 is 9.13 Å². The summed E-state index contributed by atoms with van der Waals surface area (Å²) < 4.78 is 17.9. The second-order valence-electron chi connectivity index (χ2n) is 2.60. The smallest absolute Gasteiger partial charge is 0.222 e. The van der Waals surface area contributed by atoms with Gasteiger partial charge >= 0.3 is 0 Å². The average molecular weight is 190 g/mol. The van der Waals surface area contributed by atoms with E-state index in [0.717, 1.165) is 0 Å². The first-order chi connectivity index (χ1) is 6.84. The summed E-state index contributed by atoms with van der Waals surface area (Å²) in [5.41, 5.74) is 0. The molecule has 1 heterocycles. The first kappa shape index (κ1) is 8.62. The largest absolute Gasteiger partial charge is 0.439 e. The molecule has 0 unspecified atom stereocenters. The maximum atomic E-state index is 12.5. The van der Waals surface area contributed by atoms with Crippen molar-refractivity contribution in [3.63, 3.8) is 0 Å². The van der Waals surface area contributed by atoms with Crippen molar-refractivity contribution in [1.29, 1.82) is 0 Å². The standard InChI is InChI=1S/C10H7FN2O/c11-8-1-3-9(4-2-8)14-10-5-6-12-7-13-10/h1-7H. The Kier molecular flexibility index (Phi) is 2.36. The lowest BCUT2D eigenvalue weighted by Crippen LogP contribution is -1.87. The molecule has 0 atom stereocenters. The zero-order valence-corrected chi connectivity index (χ0v) is 7.22. The molecule has 0 fully saturated rings. The summed E-state index contributed by atoms with van der Waals surface area (Å²) in [5.74, 6) is 0.691. The molecule has 70 valence electrons. The summed E-state index contributed by atoms with van der Waals surface area (Å²) in [6.07, 6.45) is 2.96. The highest BCUT2D eigenvalue weighted by Gasteiger charge is 1.97. The summed E-state index contributed by atoms with van der Waals surface area (Å²) in [5, 5.41) is 0. The zero-order chi connectivity index (χ0) is 9.80. The monoisotopic (exact) mass is 190 g/mol. The van der Waals surface area contributed by atoms with Gasteiger partial charge in [0.05, 0.1) is 0 Å². The van der Waals surface area contributed by atoms with E-state index < -0.39 is 0 Å². The van der Waals surface area contributed by atoms with Crippen molar-refractivity contribution in [1.82, 2.24) is 9.97 Å². The molecule has 0 aliphatic carbocycles. The van der Waals surface area contributed by atoms with Gasteiger partial charge < -0.3 is 4.74 Å². The molecule has 0 bridgehead atoms. The van der Waals surface area contributed by atoms with Gasteiger partial charge in [-0.2, -0.15) is 0 Å². The summed E-state index contributed by atoms with van der Waals surface area (Å²) in [7, 11) is 0. The molecule has 0 radical (unpaired) electrons. The molecular weight excluding hydrogens is 183 g/mol. The van der Waals surface area contributed by atoms with E-state index >= 15 is 0 Å². The number of nitrogens with zero attached hydrogens (tertiary/aromatic N) is 2. The minimum absolute atomic E-state index is 0.292. The second kappa shape index (κ2) is 3.83. The van der Waals surface area contributed by atoms with E-state index in [1.165, 1.54) is 30.6 Å². The zero-order valence-electron chi connectivity index (χ0n) is 7.22. The number of aromatic nitrogens is 2. The molecule has 0 aliphatic rings. The van der Waals surface area contributed by atoms with E-state index in [4.69, 9.17) is 4.74 Å². The first-order valence-electron chi connectivity index (χ1n) is 4.04. The minimum Gasteiger partial charge on any atom is -0.439 e. The Morgan fingerprint density at radius 3 is 2.50 bits per heavy atom. The van der Waals surface area contributed by atoms with Crippen LogP contribution in [0.25, 0.3) is 0 Å². The number of rotatable bonds is 2. The van der Waals surface area contributed by atoms with E-state index in [0.29, 0.717) is 11.6 Å². The lowest BCUT2D eigenvalue weighted by molar-refractivity contribution is 0.460. The van der Waals surface area contributed by atoms with Crippen LogP contribution in [0.15, 0.2) is 42.9 Å². The van der Waals surface area contributed by atoms with Crippen LogP contribution in [-0.4, -0.2) is 9.97 Å². The van der Waals surface area contributed by atoms with Crippen molar-refractivity contribution in [2.24, 2.45) is 0 Å². The van der Waals surface area contributed by atoms with Crippen LogP contribution in [0, 0.1) is 5.82 Å². The maximum absolute atomic E-state index is 12.5. The third-order valence-electron chi connectivity index (χ3n) is 1.59. The number of hydrogen-bond acceptors (Lipinski definition) is 3. The van der Waals surface area contributed by atoms with E-state index in [1.807, 2.05) is 0 Å². The third-order valence-corrected chi connectivity index (χ3v) is 1.59. The van der Waals surface area contributed by atoms with Crippen molar-refractivity contribution in [2.45, 2.75) is 0 Å². The van der Waals surface area contributed by atoms with E-state index in [2.05, 4.69) is 9.97 Å². The topological polar surface area (TPSA) is 35.0 Å². The fourth-order valence-electron chi connectivity index (χ4n) is 0.962. The van der Waals surface area contributed by atoms with Crippen LogP contribution in [0.5, 0.6) is 11.6 Å². The highest BCUT2D eigenvalue weighted by atomic mass is 19.1. The predicted octanol–water partition coefficient (Wildman–Crippen LogP) is 2.41. The molecule has 14 heavy (non-hydrogen) atoms. The van der Waals surface area contributed by atoms with Gasteiger partial charge in [-0.3, -0.25) is 0 Å². The van der Waals surface area contributed by atoms with Gasteiger partial charge in [0.25, 0.3) is 0 Å². The van der Waals surface area contributed by atoms with Crippen molar-refractivity contribution in [3.05, 3.63) is 48.7 Å². The third kappa shape index (κ3) is 2.04. The van der Waals surface area contributed by atoms with Crippen molar-refractivity contribution in [2.75, 3.05) is 0 Å². The SMILES string of the molecule is Fc1ccc(Oc2ccncn2)cc1. The molecule has 0 spiro atoms. The fourth-order valence-corrected chi connectivity index (χ4v) is 0.962. The van der Waals surface area contributed by atoms with Gasteiger partial charge in [-0.1, -0.05) is 0 Å². The summed E-state index contributed by atoms with van der Waals surface area (Å²) >= 11 is 0. The van der Waals surface area contributed by atoms with E-state index in [1.54, 1.807) is 12.3 Å². The first-order valence-corrected chi connectivity index (χ1v) is 4.04. The molecule has 3 nitrogen and oxygen atoms in total. The van der Waals surface area contributed by atoms with Gasteiger partial charge in [-0.15, -0.1) is 0 Å². The maximum Gasteiger partial charge on any atom is 0.222 e. The van der Waals surface area contributed by atoms with Gasteiger partial charge in [-0.05, 0) is 24.3 Å². The molecule has 4 heteroatoms. The highest BCUT2D eigenvalue weighted by Crippen LogP contribution is 2.17. The Morgan fingerprint density at radius 2 is 1.86 bits per heavy atom. The number of benzene rings is 1. The van der Waals surface area contributed by atoms with Gasteiger partial charge in [0, 0.05) is 12.3 Å².